The molecule has 0 fully saturated rings. The zero-order chi connectivity index (χ0) is 8.01. The minimum Gasteiger partial charge on any atom is -0.210 e. The molecule has 0 aliphatic rings. The summed E-state index contributed by atoms with van der Waals surface area (Å²) in [5.74, 6) is 0. The van der Waals surface area contributed by atoms with Crippen molar-refractivity contribution in [3.05, 3.63) is 12.8 Å². The minimum atomic E-state index is 0.572. The molecule has 0 saturated heterocycles. The quantitative estimate of drug-likeness (QED) is 0.673. The summed E-state index contributed by atoms with van der Waals surface area (Å²) in [7, 11) is 0. The van der Waals surface area contributed by atoms with Crippen LogP contribution in [0.2, 0.25) is 5.15 Å². The fourth-order valence-corrected chi connectivity index (χ4v) is 2.73. The Morgan fingerprint density at radius 1 is 1.64 bits per heavy atom. The van der Waals surface area contributed by atoms with Crippen LogP contribution in [-0.2, 0) is 0 Å². The van der Waals surface area contributed by atoms with Crippen molar-refractivity contribution in [3.8, 4) is 0 Å². The summed E-state index contributed by atoms with van der Waals surface area (Å²) >= 11 is 12.6. The lowest BCUT2D eigenvalue weighted by molar-refractivity contribution is 0.958. The molecule has 2 rings (SSSR count). The van der Waals surface area contributed by atoms with Crippen molar-refractivity contribution in [2.75, 3.05) is 0 Å². The fraction of sp³-hybridized carbons (Fsp3) is 0. The van der Waals surface area contributed by atoms with Gasteiger partial charge >= 0.3 is 0 Å². The topological polar surface area (TPSA) is 30.2 Å². The van der Waals surface area contributed by atoms with Crippen LogP contribution in [-0.4, -0.2) is 14.6 Å². The van der Waals surface area contributed by atoms with Gasteiger partial charge in [-0.2, -0.15) is 4.52 Å². The number of aromatic nitrogens is 3. The van der Waals surface area contributed by atoms with Crippen LogP contribution >= 0.6 is 61.5 Å². The van der Waals surface area contributed by atoms with Gasteiger partial charge in [0.05, 0.1) is 0 Å². The third kappa shape index (κ3) is 1.30. The lowest BCUT2D eigenvalue weighted by Gasteiger charge is -1.81. The van der Waals surface area contributed by atoms with E-state index >= 15 is 0 Å². The average molecular weight is 364 g/mol. The molecular formula is C4BrClIN3S. The molecule has 0 atom stereocenters. The summed E-state index contributed by atoms with van der Waals surface area (Å²) in [6.45, 7) is 0. The molecule has 11 heavy (non-hydrogen) atoms. The standard InChI is InChI=1S/C4BrClIN3S/c5-3-9-10-1(6)2(7)8-4(10)11-3. The van der Waals surface area contributed by atoms with Crippen molar-refractivity contribution < 1.29 is 0 Å². The van der Waals surface area contributed by atoms with Gasteiger partial charge in [-0.1, -0.05) is 22.9 Å². The highest BCUT2D eigenvalue weighted by atomic mass is 127. The normalized spacial score (nSPS) is 11.2. The maximum Gasteiger partial charge on any atom is 0.215 e. The van der Waals surface area contributed by atoms with E-state index in [2.05, 4.69) is 48.6 Å². The highest BCUT2D eigenvalue weighted by Gasteiger charge is 2.10. The average Bonchev–Trinajstić information content (AvgIpc) is 2.37. The van der Waals surface area contributed by atoms with Crippen molar-refractivity contribution in [1.29, 1.82) is 0 Å². The van der Waals surface area contributed by atoms with Gasteiger partial charge in [0.15, 0.2) is 9.07 Å². The van der Waals surface area contributed by atoms with E-state index in [4.69, 9.17) is 11.6 Å². The van der Waals surface area contributed by atoms with E-state index in [1.807, 2.05) is 0 Å². The van der Waals surface area contributed by atoms with Crippen LogP contribution < -0.4 is 0 Å². The van der Waals surface area contributed by atoms with Crippen molar-refractivity contribution in [2.24, 2.45) is 0 Å². The monoisotopic (exact) mass is 363 g/mol. The Balaban J connectivity index is 2.88. The third-order valence-electron chi connectivity index (χ3n) is 1.09. The van der Waals surface area contributed by atoms with Crippen LogP contribution in [0.15, 0.2) is 3.92 Å². The van der Waals surface area contributed by atoms with Crippen LogP contribution in [0, 0.1) is 3.70 Å². The zero-order valence-electron chi connectivity index (χ0n) is 4.88. The maximum absolute atomic E-state index is 5.87. The molecule has 0 radical (unpaired) electrons. The smallest absolute Gasteiger partial charge is 0.210 e. The molecule has 0 amide bonds. The van der Waals surface area contributed by atoms with E-state index in [9.17, 15) is 0 Å². The van der Waals surface area contributed by atoms with Crippen LogP contribution in [0.25, 0.3) is 4.96 Å². The Morgan fingerprint density at radius 2 is 2.36 bits per heavy atom. The van der Waals surface area contributed by atoms with Gasteiger partial charge in [0.1, 0.15) is 3.70 Å². The number of halogens is 3. The number of rotatable bonds is 0. The van der Waals surface area contributed by atoms with Gasteiger partial charge < -0.3 is 0 Å². The molecule has 0 saturated carbocycles. The molecular weight excluding hydrogens is 364 g/mol. The van der Waals surface area contributed by atoms with Crippen molar-refractivity contribution in [3.63, 3.8) is 0 Å². The summed E-state index contributed by atoms with van der Waals surface area (Å²) in [5, 5.41) is 4.66. The molecule has 2 heterocycles. The largest absolute Gasteiger partial charge is 0.215 e. The SMILES string of the molecule is Clc1c(I)nc2sc(Br)nn12. The predicted octanol–water partition coefficient (Wildman–Crippen LogP) is 2.81. The van der Waals surface area contributed by atoms with E-state index in [0.717, 1.165) is 12.6 Å². The summed E-state index contributed by atoms with van der Waals surface area (Å²) < 4.78 is 3.19. The van der Waals surface area contributed by atoms with Gasteiger partial charge in [-0.3, -0.25) is 0 Å². The van der Waals surface area contributed by atoms with Crippen LogP contribution in [0.3, 0.4) is 0 Å². The molecule has 0 unspecified atom stereocenters. The Bertz CT molecular complexity index is 411. The lowest BCUT2D eigenvalue weighted by atomic mass is 10.9. The predicted molar refractivity (Wildman–Crippen MR) is 56.3 cm³/mol. The zero-order valence-corrected chi connectivity index (χ0v) is 10.2. The lowest BCUT2D eigenvalue weighted by Crippen LogP contribution is -1.81. The summed E-state index contributed by atoms with van der Waals surface area (Å²) in [6, 6.07) is 0. The summed E-state index contributed by atoms with van der Waals surface area (Å²) in [4.78, 5) is 4.99. The second-order valence-corrected chi connectivity index (χ2v) is 5.35. The summed E-state index contributed by atoms with van der Waals surface area (Å²) in [5.41, 5.74) is 0. The second-order valence-electron chi connectivity index (χ2n) is 1.74. The van der Waals surface area contributed by atoms with Gasteiger partial charge in [-0.25, -0.2) is 4.98 Å². The number of nitrogens with zero attached hydrogens (tertiary/aromatic N) is 3. The Hall–Kier alpha value is 0.600. The number of hydrogen-bond donors (Lipinski definition) is 0. The molecule has 2 aromatic heterocycles. The first kappa shape index (κ1) is 8.21. The van der Waals surface area contributed by atoms with Crippen LogP contribution in [0.4, 0.5) is 0 Å². The van der Waals surface area contributed by atoms with Crippen LogP contribution in [0.1, 0.15) is 0 Å². The Morgan fingerprint density at radius 3 is 3.00 bits per heavy atom. The molecule has 0 aliphatic carbocycles. The number of fused-ring (bicyclic) bond motifs is 1. The van der Waals surface area contributed by atoms with Gasteiger partial charge in [-0.05, 0) is 38.5 Å². The fourth-order valence-electron chi connectivity index (χ4n) is 0.676. The van der Waals surface area contributed by atoms with Gasteiger partial charge in [0, 0.05) is 0 Å². The third-order valence-corrected chi connectivity index (χ3v) is 3.84. The molecule has 7 heteroatoms. The van der Waals surface area contributed by atoms with Gasteiger partial charge in [0.25, 0.3) is 0 Å². The molecule has 58 valence electrons. The molecule has 0 aliphatic heterocycles. The number of imidazole rings is 1. The van der Waals surface area contributed by atoms with E-state index in [1.165, 1.54) is 11.3 Å². The van der Waals surface area contributed by atoms with Crippen LogP contribution in [0.5, 0.6) is 0 Å². The van der Waals surface area contributed by atoms with E-state index < -0.39 is 0 Å². The van der Waals surface area contributed by atoms with Gasteiger partial charge in [0.2, 0.25) is 4.96 Å². The first-order valence-electron chi connectivity index (χ1n) is 2.54. The van der Waals surface area contributed by atoms with E-state index in [1.54, 1.807) is 4.52 Å². The molecule has 3 nitrogen and oxygen atoms in total. The molecule has 0 bridgehead atoms. The second kappa shape index (κ2) is 2.82. The molecule has 0 spiro atoms. The first-order chi connectivity index (χ1) is 5.18. The maximum atomic E-state index is 5.87. The molecule has 2 aromatic rings. The van der Waals surface area contributed by atoms with E-state index in [-0.39, 0.29) is 0 Å². The Kier molecular flexibility index (Phi) is 2.11. The van der Waals surface area contributed by atoms with Gasteiger partial charge in [-0.15, -0.1) is 5.10 Å². The van der Waals surface area contributed by atoms with Crippen molar-refractivity contribution >= 4 is 66.4 Å². The molecule has 0 N–H and O–H groups in total. The van der Waals surface area contributed by atoms with Crippen molar-refractivity contribution in [1.82, 2.24) is 14.6 Å². The highest BCUT2D eigenvalue weighted by molar-refractivity contribution is 14.1. The number of hydrogen-bond acceptors (Lipinski definition) is 3. The molecule has 0 aromatic carbocycles. The van der Waals surface area contributed by atoms with Crippen molar-refractivity contribution in [2.45, 2.75) is 0 Å². The minimum absolute atomic E-state index is 0.572. The van der Waals surface area contributed by atoms with E-state index in [0.29, 0.717) is 5.15 Å². The summed E-state index contributed by atoms with van der Waals surface area (Å²) in [6.07, 6.45) is 0. The Labute approximate surface area is 93.0 Å². The first-order valence-corrected chi connectivity index (χ1v) is 5.61. The highest BCUT2D eigenvalue weighted by Crippen LogP contribution is 2.25.